The van der Waals surface area contributed by atoms with Crippen LogP contribution in [0.25, 0.3) is 22.4 Å². The first-order chi connectivity index (χ1) is 8.65. The molecule has 2 aromatic carbocycles. The number of halogens is 3. The summed E-state index contributed by atoms with van der Waals surface area (Å²) in [5, 5.41) is 0. The zero-order chi connectivity index (χ0) is 12.7. The third kappa shape index (κ3) is 1.64. The van der Waals surface area contributed by atoms with Crippen molar-refractivity contribution in [1.29, 1.82) is 0 Å². The number of benzene rings is 2. The highest BCUT2D eigenvalue weighted by Gasteiger charge is 2.13. The largest absolute Gasteiger partial charge is 0.338 e. The Hall–Kier alpha value is -2.30. The Morgan fingerprint density at radius 1 is 0.944 bits per heavy atom. The number of H-pyrrole nitrogens is 1. The first-order valence-corrected chi connectivity index (χ1v) is 5.25. The number of para-hydroxylation sites is 2. The fraction of sp³-hybridized carbons (Fsp3) is 0. The molecule has 1 N–H and O–H groups in total. The summed E-state index contributed by atoms with van der Waals surface area (Å²) in [5.41, 5.74) is 1.60. The minimum Gasteiger partial charge on any atom is -0.338 e. The minimum atomic E-state index is -1.48. The SMILES string of the molecule is Fc1cc(-c2nc3ccccc3[nH]2)cc(F)c1F. The number of hydrogen-bond donors (Lipinski definition) is 1. The number of aromatic amines is 1. The highest BCUT2D eigenvalue weighted by molar-refractivity contribution is 5.79. The maximum absolute atomic E-state index is 13.1. The number of imidazole rings is 1. The molecule has 90 valence electrons. The van der Waals surface area contributed by atoms with Crippen LogP contribution in [0.2, 0.25) is 0 Å². The van der Waals surface area contributed by atoms with Gasteiger partial charge in [0.15, 0.2) is 17.5 Å². The summed E-state index contributed by atoms with van der Waals surface area (Å²) in [6, 6.07) is 9.01. The molecule has 0 atom stereocenters. The smallest absolute Gasteiger partial charge is 0.194 e. The Morgan fingerprint density at radius 3 is 2.28 bits per heavy atom. The van der Waals surface area contributed by atoms with Crippen molar-refractivity contribution in [2.75, 3.05) is 0 Å². The molecule has 1 aromatic heterocycles. The van der Waals surface area contributed by atoms with Crippen LogP contribution in [0.4, 0.5) is 13.2 Å². The lowest BCUT2D eigenvalue weighted by Gasteiger charge is -1.99. The van der Waals surface area contributed by atoms with Crippen molar-refractivity contribution in [2.45, 2.75) is 0 Å². The fourth-order valence-electron chi connectivity index (χ4n) is 1.78. The van der Waals surface area contributed by atoms with Gasteiger partial charge in [0.05, 0.1) is 11.0 Å². The van der Waals surface area contributed by atoms with Gasteiger partial charge in [0, 0.05) is 5.56 Å². The Kier molecular flexibility index (Phi) is 2.33. The predicted molar refractivity (Wildman–Crippen MR) is 61.4 cm³/mol. The van der Waals surface area contributed by atoms with E-state index in [2.05, 4.69) is 9.97 Å². The molecule has 18 heavy (non-hydrogen) atoms. The van der Waals surface area contributed by atoms with E-state index in [1.807, 2.05) is 6.07 Å². The van der Waals surface area contributed by atoms with Crippen molar-refractivity contribution in [3.05, 3.63) is 53.8 Å². The third-order valence-electron chi connectivity index (χ3n) is 2.65. The van der Waals surface area contributed by atoms with Gasteiger partial charge in [-0.2, -0.15) is 0 Å². The average Bonchev–Trinajstić information content (AvgIpc) is 2.79. The van der Waals surface area contributed by atoms with Gasteiger partial charge in [-0.15, -0.1) is 0 Å². The molecule has 0 amide bonds. The van der Waals surface area contributed by atoms with E-state index in [-0.39, 0.29) is 5.56 Å². The van der Waals surface area contributed by atoms with Gasteiger partial charge in [0.2, 0.25) is 0 Å². The van der Waals surface area contributed by atoms with Crippen LogP contribution in [-0.4, -0.2) is 9.97 Å². The molecule has 0 aliphatic carbocycles. The van der Waals surface area contributed by atoms with Crippen molar-refractivity contribution in [1.82, 2.24) is 9.97 Å². The fourth-order valence-corrected chi connectivity index (χ4v) is 1.78. The number of aromatic nitrogens is 2. The summed E-state index contributed by atoms with van der Waals surface area (Å²) < 4.78 is 39.1. The number of rotatable bonds is 1. The van der Waals surface area contributed by atoms with Gasteiger partial charge in [-0.3, -0.25) is 0 Å². The highest BCUT2D eigenvalue weighted by Crippen LogP contribution is 2.23. The Balaban J connectivity index is 2.20. The molecule has 0 aliphatic rings. The van der Waals surface area contributed by atoms with E-state index in [0.717, 1.165) is 17.6 Å². The van der Waals surface area contributed by atoms with Gasteiger partial charge in [-0.1, -0.05) is 12.1 Å². The maximum atomic E-state index is 13.1. The van der Waals surface area contributed by atoms with Crippen molar-refractivity contribution in [3.63, 3.8) is 0 Å². The second-order valence-electron chi connectivity index (χ2n) is 3.86. The lowest BCUT2D eigenvalue weighted by molar-refractivity contribution is 0.447. The van der Waals surface area contributed by atoms with Crippen LogP contribution < -0.4 is 0 Å². The number of hydrogen-bond acceptors (Lipinski definition) is 1. The Labute approximate surface area is 100 Å². The number of nitrogens with zero attached hydrogens (tertiary/aromatic N) is 1. The second kappa shape index (κ2) is 3.87. The molecular formula is C13H7F3N2. The predicted octanol–water partition coefficient (Wildman–Crippen LogP) is 3.65. The van der Waals surface area contributed by atoms with Crippen LogP contribution >= 0.6 is 0 Å². The first kappa shape index (κ1) is 10.8. The van der Waals surface area contributed by atoms with E-state index < -0.39 is 17.5 Å². The Bertz CT molecular complexity index is 678. The molecule has 0 bridgehead atoms. The molecular weight excluding hydrogens is 241 g/mol. The summed E-state index contributed by atoms with van der Waals surface area (Å²) in [5.74, 6) is -3.64. The van der Waals surface area contributed by atoms with Gasteiger partial charge >= 0.3 is 0 Å². The van der Waals surface area contributed by atoms with Gasteiger partial charge in [-0.25, -0.2) is 18.2 Å². The molecule has 0 saturated heterocycles. The molecule has 0 saturated carbocycles. The Morgan fingerprint density at radius 2 is 1.61 bits per heavy atom. The molecule has 5 heteroatoms. The number of fused-ring (bicyclic) bond motifs is 1. The molecule has 3 aromatic rings. The van der Waals surface area contributed by atoms with Gasteiger partial charge < -0.3 is 4.98 Å². The van der Waals surface area contributed by atoms with E-state index >= 15 is 0 Å². The lowest BCUT2D eigenvalue weighted by atomic mass is 10.2. The molecule has 0 radical (unpaired) electrons. The lowest BCUT2D eigenvalue weighted by Crippen LogP contribution is -1.92. The van der Waals surface area contributed by atoms with E-state index in [1.165, 1.54) is 0 Å². The standard InChI is InChI=1S/C13H7F3N2/c14-8-5-7(6-9(15)12(8)16)13-17-10-3-1-2-4-11(10)18-13/h1-6H,(H,17,18). The van der Waals surface area contributed by atoms with Crippen LogP contribution in [0.15, 0.2) is 36.4 Å². The number of nitrogens with one attached hydrogen (secondary N) is 1. The molecule has 3 rings (SSSR count). The summed E-state index contributed by atoms with van der Waals surface area (Å²) in [6.45, 7) is 0. The molecule has 0 fully saturated rings. The summed E-state index contributed by atoms with van der Waals surface area (Å²) in [4.78, 5) is 7.10. The monoisotopic (exact) mass is 248 g/mol. The quantitative estimate of drug-likeness (QED) is 0.654. The van der Waals surface area contributed by atoms with Gasteiger partial charge in [0.1, 0.15) is 5.82 Å². The van der Waals surface area contributed by atoms with Crippen molar-refractivity contribution in [2.24, 2.45) is 0 Å². The van der Waals surface area contributed by atoms with E-state index in [4.69, 9.17) is 0 Å². The summed E-state index contributed by atoms with van der Waals surface area (Å²) >= 11 is 0. The maximum Gasteiger partial charge on any atom is 0.194 e. The summed E-state index contributed by atoms with van der Waals surface area (Å²) in [7, 11) is 0. The van der Waals surface area contributed by atoms with Crippen LogP contribution in [0.1, 0.15) is 0 Å². The van der Waals surface area contributed by atoms with Crippen LogP contribution in [0.5, 0.6) is 0 Å². The van der Waals surface area contributed by atoms with Crippen LogP contribution in [-0.2, 0) is 0 Å². The van der Waals surface area contributed by atoms with E-state index in [9.17, 15) is 13.2 Å². The van der Waals surface area contributed by atoms with Crippen molar-refractivity contribution >= 4 is 11.0 Å². The highest BCUT2D eigenvalue weighted by atomic mass is 19.2. The molecule has 2 nitrogen and oxygen atoms in total. The summed E-state index contributed by atoms with van der Waals surface area (Å²) in [6.07, 6.45) is 0. The molecule has 1 heterocycles. The van der Waals surface area contributed by atoms with Gasteiger partial charge in [0.25, 0.3) is 0 Å². The van der Waals surface area contributed by atoms with E-state index in [1.54, 1.807) is 18.2 Å². The second-order valence-corrected chi connectivity index (χ2v) is 3.86. The van der Waals surface area contributed by atoms with E-state index in [0.29, 0.717) is 11.3 Å². The first-order valence-electron chi connectivity index (χ1n) is 5.25. The molecule has 0 aliphatic heterocycles. The average molecular weight is 248 g/mol. The zero-order valence-corrected chi connectivity index (χ0v) is 9.05. The molecule has 0 spiro atoms. The zero-order valence-electron chi connectivity index (χ0n) is 9.05. The third-order valence-corrected chi connectivity index (χ3v) is 2.65. The topological polar surface area (TPSA) is 28.7 Å². The normalized spacial score (nSPS) is 11.1. The van der Waals surface area contributed by atoms with Crippen molar-refractivity contribution < 1.29 is 13.2 Å². The van der Waals surface area contributed by atoms with Gasteiger partial charge in [-0.05, 0) is 24.3 Å². The van der Waals surface area contributed by atoms with Crippen molar-refractivity contribution in [3.8, 4) is 11.4 Å². The van der Waals surface area contributed by atoms with Crippen LogP contribution in [0, 0.1) is 17.5 Å². The molecule has 0 unspecified atom stereocenters. The van der Waals surface area contributed by atoms with Crippen LogP contribution in [0.3, 0.4) is 0 Å². The minimum absolute atomic E-state index is 0.169.